The van der Waals surface area contributed by atoms with Gasteiger partial charge in [0.05, 0.1) is 10.7 Å². The Hall–Kier alpha value is -1.81. The van der Waals surface area contributed by atoms with Crippen molar-refractivity contribution in [2.24, 2.45) is 0 Å². The fourth-order valence-corrected chi connectivity index (χ4v) is 1.07. The van der Waals surface area contributed by atoms with Crippen LogP contribution in [0.15, 0.2) is 36.4 Å². The molecule has 0 atom stereocenters. The highest BCUT2D eigenvalue weighted by Gasteiger charge is 2.01. The van der Waals surface area contributed by atoms with E-state index in [0.29, 0.717) is 10.7 Å². The Morgan fingerprint density at radius 2 is 1.93 bits per heavy atom. The van der Waals surface area contributed by atoms with Gasteiger partial charge in [0.1, 0.15) is 0 Å². The van der Waals surface area contributed by atoms with Crippen LogP contribution in [0.1, 0.15) is 0 Å². The molecule has 1 aromatic rings. The predicted octanol–water partition coefficient (Wildman–Crippen LogP) is 1.92. The van der Waals surface area contributed by atoms with Crippen LogP contribution >= 0.6 is 11.6 Å². The molecule has 1 aromatic carbocycles. The van der Waals surface area contributed by atoms with Crippen molar-refractivity contribution in [3.63, 3.8) is 0 Å². The second-order valence-electron chi connectivity index (χ2n) is 2.64. The van der Waals surface area contributed by atoms with Crippen molar-refractivity contribution >= 4 is 29.2 Å². The van der Waals surface area contributed by atoms with Gasteiger partial charge >= 0.3 is 5.97 Å². The van der Waals surface area contributed by atoms with Crippen molar-refractivity contribution in [2.45, 2.75) is 0 Å². The molecule has 0 fully saturated rings. The highest BCUT2D eigenvalue weighted by Crippen LogP contribution is 2.20. The van der Waals surface area contributed by atoms with E-state index in [-0.39, 0.29) is 0 Å². The lowest BCUT2D eigenvalue weighted by Gasteiger charge is -2.03. The summed E-state index contributed by atoms with van der Waals surface area (Å²) in [4.78, 5) is 21.3. The van der Waals surface area contributed by atoms with Crippen molar-refractivity contribution < 1.29 is 14.7 Å². The molecule has 0 aliphatic rings. The minimum absolute atomic E-state index is 0.398. The van der Waals surface area contributed by atoms with Gasteiger partial charge in [-0.05, 0) is 12.1 Å². The highest BCUT2D eigenvalue weighted by atomic mass is 35.5. The molecular weight excluding hydrogens is 218 g/mol. The third-order valence-corrected chi connectivity index (χ3v) is 1.84. The van der Waals surface area contributed by atoms with Gasteiger partial charge in [-0.1, -0.05) is 23.7 Å². The quantitative estimate of drug-likeness (QED) is 0.773. The predicted molar refractivity (Wildman–Crippen MR) is 56.9 cm³/mol. The number of carboxylic acid groups (broad SMARTS) is 1. The molecule has 0 spiro atoms. The monoisotopic (exact) mass is 225 g/mol. The molecule has 1 amide bonds. The molecule has 4 nitrogen and oxygen atoms in total. The minimum atomic E-state index is -1.18. The topological polar surface area (TPSA) is 66.4 Å². The Kier molecular flexibility index (Phi) is 3.88. The molecular formula is C10H8ClNO3. The van der Waals surface area contributed by atoms with Crippen molar-refractivity contribution in [3.05, 3.63) is 41.4 Å². The molecule has 0 saturated heterocycles. The molecule has 0 saturated carbocycles. The summed E-state index contributed by atoms with van der Waals surface area (Å²) in [5.74, 6) is -1.71. The van der Waals surface area contributed by atoms with Crippen LogP contribution in [0.2, 0.25) is 5.02 Å². The SMILES string of the molecule is O=C(O)/C=C\C(=O)Nc1ccccc1Cl. The zero-order valence-corrected chi connectivity index (χ0v) is 8.36. The Labute approximate surface area is 91.2 Å². The standard InChI is InChI=1S/C10H8ClNO3/c11-7-3-1-2-4-8(7)12-9(13)5-6-10(14)15/h1-6H,(H,12,13)(H,14,15)/b6-5-. The fraction of sp³-hybridized carbons (Fsp3) is 0. The molecule has 0 heterocycles. The normalized spacial score (nSPS) is 10.2. The van der Waals surface area contributed by atoms with E-state index in [1.165, 1.54) is 0 Å². The summed E-state index contributed by atoms with van der Waals surface area (Å²) in [5, 5.41) is 11.1. The smallest absolute Gasteiger partial charge is 0.328 e. The first-order valence-corrected chi connectivity index (χ1v) is 4.44. The maximum absolute atomic E-state index is 11.1. The van der Waals surface area contributed by atoms with Crippen molar-refractivity contribution in [2.75, 3.05) is 5.32 Å². The van der Waals surface area contributed by atoms with Gasteiger partial charge in [0, 0.05) is 12.2 Å². The van der Waals surface area contributed by atoms with Crippen LogP contribution in [-0.4, -0.2) is 17.0 Å². The molecule has 1 rings (SSSR count). The van der Waals surface area contributed by atoms with Crippen molar-refractivity contribution in [3.8, 4) is 0 Å². The second-order valence-corrected chi connectivity index (χ2v) is 3.05. The lowest BCUT2D eigenvalue weighted by molar-refractivity contribution is -0.131. The number of nitrogens with one attached hydrogen (secondary N) is 1. The molecule has 0 radical (unpaired) electrons. The Morgan fingerprint density at radius 1 is 1.27 bits per heavy atom. The number of hydrogen-bond acceptors (Lipinski definition) is 2. The van der Waals surface area contributed by atoms with Gasteiger partial charge in [-0.25, -0.2) is 4.79 Å². The van der Waals surface area contributed by atoms with Gasteiger partial charge in [-0.15, -0.1) is 0 Å². The van der Waals surface area contributed by atoms with Crippen LogP contribution in [-0.2, 0) is 9.59 Å². The third-order valence-electron chi connectivity index (χ3n) is 1.51. The van der Waals surface area contributed by atoms with Crippen LogP contribution in [0.3, 0.4) is 0 Å². The molecule has 2 N–H and O–H groups in total. The largest absolute Gasteiger partial charge is 0.478 e. The van der Waals surface area contributed by atoms with Crippen LogP contribution in [0, 0.1) is 0 Å². The van der Waals surface area contributed by atoms with E-state index in [0.717, 1.165) is 12.2 Å². The first-order chi connectivity index (χ1) is 7.09. The minimum Gasteiger partial charge on any atom is -0.478 e. The highest BCUT2D eigenvalue weighted by molar-refractivity contribution is 6.33. The van der Waals surface area contributed by atoms with Crippen LogP contribution in [0.5, 0.6) is 0 Å². The maximum Gasteiger partial charge on any atom is 0.328 e. The number of carboxylic acids is 1. The zero-order valence-electron chi connectivity index (χ0n) is 7.61. The van der Waals surface area contributed by atoms with E-state index >= 15 is 0 Å². The number of rotatable bonds is 3. The number of amides is 1. The fourth-order valence-electron chi connectivity index (χ4n) is 0.884. The van der Waals surface area contributed by atoms with Gasteiger partial charge < -0.3 is 10.4 Å². The zero-order chi connectivity index (χ0) is 11.3. The third kappa shape index (κ3) is 3.83. The lowest BCUT2D eigenvalue weighted by atomic mass is 10.3. The summed E-state index contributed by atoms with van der Waals surface area (Å²) in [6, 6.07) is 6.68. The van der Waals surface area contributed by atoms with Crippen LogP contribution in [0.4, 0.5) is 5.69 Å². The molecule has 0 aliphatic carbocycles. The van der Waals surface area contributed by atoms with E-state index in [2.05, 4.69) is 5.32 Å². The number of carbonyl (C=O) groups is 2. The maximum atomic E-state index is 11.1. The number of para-hydroxylation sites is 1. The van der Waals surface area contributed by atoms with E-state index < -0.39 is 11.9 Å². The van der Waals surface area contributed by atoms with Gasteiger partial charge in [0.15, 0.2) is 0 Å². The molecule has 0 bridgehead atoms. The first-order valence-electron chi connectivity index (χ1n) is 4.06. The number of halogens is 1. The summed E-state index contributed by atoms with van der Waals surface area (Å²) < 4.78 is 0. The van der Waals surface area contributed by atoms with E-state index in [4.69, 9.17) is 16.7 Å². The van der Waals surface area contributed by atoms with Crippen LogP contribution < -0.4 is 5.32 Å². The molecule has 0 aliphatic heterocycles. The molecule has 0 aromatic heterocycles. The van der Waals surface area contributed by atoms with Gasteiger partial charge in [-0.3, -0.25) is 4.79 Å². The van der Waals surface area contributed by atoms with E-state index in [1.54, 1.807) is 24.3 Å². The molecule has 78 valence electrons. The lowest BCUT2D eigenvalue weighted by Crippen LogP contribution is -2.08. The average molecular weight is 226 g/mol. The summed E-state index contributed by atoms with van der Waals surface area (Å²) in [6.45, 7) is 0. The number of benzene rings is 1. The summed E-state index contributed by atoms with van der Waals surface area (Å²) in [6.07, 6.45) is 1.68. The number of anilines is 1. The second kappa shape index (κ2) is 5.17. The molecule has 0 unspecified atom stereocenters. The van der Waals surface area contributed by atoms with E-state index in [1.807, 2.05) is 0 Å². The Bertz CT molecular complexity index is 415. The van der Waals surface area contributed by atoms with Crippen molar-refractivity contribution in [1.82, 2.24) is 0 Å². The summed E-state index contributed by atoms with van der Waals surface area (Å²) in [5.41, 5.74) is 0.444. The van der Waals surface area contributed by atoms with E-state index in [9.17, 15) is 9.59 Å². The number of aliphatic carboxylic acids is 1. The number of hydrogen-bond donors (Lipinski definition) is 2. The summed E-state index contributed by atoms with van der Waals surface area (Å²) >= 11 is 5.78. The molecule has 5 heteroatoms. The number of carbonyl (C=O) groups excluding carboxylic acids is 1. The summed E-state index contributed by atoms with van der Waals surface area (Å²) in [7, 11) is 0. The van der Waals surface area contributed by atoms with Crippen LogP contribution in [0.25, 0.3) is 0 Å². The van der Waals surface area contributed by atoms with Gasteiger partial charge in [0.2, 0.25) is 5.91 Å². The first kappa shape index (κ1) is 11.3. The van der Waals surface area contributed by atoms with Gasteiger partial charge in [0.25, 0.3) is 0 Å². The average Bonchev–Trinajstić information content (AvgIpc) is 2.18. The molecule has 15 heavy (non-hydrogen) atoms. The Balaban J connectivity index is 2.67. The van der Waals surface area contributed by atoms with Gasteiger partial charge in [-0.2, -0.15) is 0 Å². The van der Waals surface area contributed by atoms with Crippen molar-refractivity contribution in [1.29, 1.82) is 0 Å². The Morgan fingerprint density at radius 3 is 2.53 bits per heavy atom.